The Kier molecular flexibility index (Phi) is 3.51. The summed E-state index contributed by atoms with van der Waals surface area (Å²) in [6, 6.07) is 7.10. The predicted molar refractivity (Wildman–Crippen MR) is 83.9 cm³/mol. The van der Waals surface area contributed by atoms with Gasteiger partial charge in [-0.05, 0) is 54.7 Å². The van der Waals surface area contributed by atoms with Gasteiger partial charge in [-0.1, -0.05) is 18.6 Å². The molecule has 0 amide bonds. The minimum Gasteiger partial charge on any atom is -0.374 e. The summed E-state index contributed by atoms with van der Waals surface area (Å²) in [5, 5.41) is 0. The maximum atomic E-state index is 13.2. The number of carbonyl (C=O) groups is 1. The van der Waals surface area contributed by atoms with E-state index in [4.69, 9.17) is 0 Å². The summed E-state index contributed by atoms with van der Waals surface area (Å²) in [5.74, 6) is 2.04. The van der Waals surface area contributed by atoms with E-state index in [9.17, 15) is 9.18 Å². The van der Waals surface area contributed by atoms with Crippen molar-refractivity contribution >= 4 is 5.78 Å². The van der Waals surface area contributed by atoms with Gasteiger partial charge in [0.25, 0.3) is 0 Å². The van der Waals surface area contributed by atoms with Gasteiger partial charge < -0.3 is 4.90 Å². The second kappa shape index (κ2) is 5.53. The average Bonchev–Trinajstić information content (AvgIpc) is 3.13. The highest BCUT2D eigenvalue weighted by atomic mass is 19.1. The number of hydrogen-bond acceptors (Lipinski definition) is 2. The van der Waals surface area contributed by atoms with E-state index in [1.165, 1.54) is 30.5 Å². The van der Waals surface area contributed by atoms with E-state index in [0.717, 1.165) is 25.4 Å². The molecule has 1 aromatic carbocycles. The lowest BCUT2D eigenvalue weighted by Crippen LogP contribution is -2.25. The summed E-state index contributed by atoms with van der Waals surface area (Å²) in [6.07, 6.45) is 7.21. The van der Waals surface area contributed by atoms with Gasteiger partial charge >= 0.3 is 0 Å². The molecule has 1 aromatic rings. The number of rotatable bonds is 2. The number of likely N-dealkylation sites (tertiary alicyclic amines) is 1. The van der Waals surface area contributed by atoms with E-state index in [-0.39, 0.29) is 11.6 Å². The van der Waals surface area contributed by atoms with Crippen LogP contribution in [0.15, 0.2) is 36.0 Å². The molecule has 2 fully saturated rings. The number of halogens is 1. The monoisotopic (exact) mass is 299 g/mol. The number of ketones is 1. The van der Waals surface area contributed by atoms with Crippen molar-refractivity contribution in [2.45, 2.75) is 38.0 Å². The number of fused-ring (bicyclic) bond motifs is 1. The first kappa shape index (κ1) is 14.0. The third kappa shape index (κ3) is 2.47. The Balaban J connectivity index is 1.55. The largest absolute Gasteiger partial charge is 0.374 e. The molecule has 116 valence electrons. The Morgan fingerprint density at radius 2 is 1.86 bits per heavy atom. The van der Waals surface area contributed by atoms with E-state index >= 15 is 0 Å². The zero-order valence-electron chi connectivity index (χ0n) is 12.8. The second-order valence-electron chi connectivity index (χ2n) is 7.02. The molecule has 2 aliphatic carbocycles. The zero-order chi connectivity index (χ0) is 15.1. The lowest BCUT2D eigenvalue weighted by atomic mass is 9.71. The third-order valence-electron chi connectivity index (χ3n) is 5.76. The lowest BCUT2D eigenvalue weighted by molar-refractivity contribution is -0.114. The van der Waals surface area contributed by atoms with Gasteiger partial charge in [-0.3, -0.25) is 4.79 Å². The Morgan fingerprint density at radius 1 is 1.05 bits per heavy atom. The average molecular weight is 299 g/mol. The fourth-order valence-electron chi connectivity index (χ4n) is 4.66. The number of allylic oxidation sites excluding steroid dienone is 2. The Morgan fingerprint density at radius 3 is 2.59 bits per heavy atom. The van der Waals surface area contributed by atoms with Gasteiger partial charge in [-0.25, -0.2) is 4.39 Å². The molecule has 0 unspecified atom stereocenters. The summed E-state index contributed by atoms with van der Waals surface area (Å²) in [4.78, 5) is 14.0. The normalized spacial score (nSPS) is 31.3. The van der Waals surface area contributed by atoms with Crippen molar-refractivity contribution in [3.05, 3.63) is 47.4 Å². The summed E-state index contributed by atoms with van der Waals surface area (Å²) in [7, 11) is 0. The van der Waals surface area contributed by atoms with Crippen molar-refractivity contribution in [2.75, 3.05) is 13.1 Å². The summed E-state index contributed by atoms with van der Waals surface area (Å²) < 4.78 is 13.2. The lowest BCUT2D eigenvalue weighted by Gasteiger charge is -2.33. The molecule has 3 heteroatoms. The minimum absolute atomic E-state index is 0.154. The first-order valence-electron chi connectivity index (χ1n) is 8.44. The molecule has 0 bridgehead atoms. The van der Waals surface area contributed by atoms with Crippen molar-refractivity contribution in [2.24, 2.45) is 11.8 Å². The van der Waals surface area contributed by atoms with Gasteiger partial charge in [0.2, 0.25) is 0 Å². The van der Waals surface area contributed by atoms with Gasteiger partial charge in [-0.15, -0.1) is 0 Å². The highest BCUT2D eigenvalue weighted by molar-refractivity contribution is 5.92. The van der Waals surface area contributed by atoms with Crippen LogP contribution in [0.3, 0.4) is 0 Å². The van der Waals surface area contributed by atoms with Gasteiger partial charge in [0.15, 0.2) is 5.78 Å². The second-order valence-corrected chi connectivity index (χ2v) is 7.02. The van der Waals surface area contributed by atoms with E-state index < -0.39 is 0 Å². The topological polar surface area (TPSA) is 20.3 Å². The van der Waals surface area contributed by atoms with Crippen LogP contribution in [0.1, 0.15) is 43.6 Å². The highest BCUT2D eigenvalue weighted by Gasteiger charge is 2.41. The van der Waals surface area contributed by atoms with Gasteiger partial charge in [0.1, 0.15) is 5.82 Å². The van der Waals surface area contributed by atoms with Gasteiger partial charge in [-0.2, -0.15) is 0 Å². The third-order valence-corrected chi connectivity index (χ3v) is 5.76. The molecule has 0 spiro atoms. The van der Waals surface area contributed by atoms with Crippen LogP contribution in [0.2, 0.25) is 0 Å². The molecule has 0 N–H and O–H groups in total. The van der Waals surface area contributed by atoms with E-state index in [1.54, 1.807) is 12.1 Å². The summed E-state index contributed by atoms with van der Waals surface area (Å²) >= 11 is 0. The standard InChI is InChI=1S/C19H22FNO/c20-15-6-4-13(5-7-15)18-3-1-2-14-11-21(12-19(14)18)16-8-9-17(22)10-16/h4-7,10,14,18-19H,1-3,8-9,11-12H2/t14-,18-,19+/m0/s1. The van der Waals surface area contributed by atoms with Crippen LogP contribution in [-0.2, 0) is 4.79 Å². The van der Waals surface area contributed by atoms with Crippen molar-refractivity contribution in [3.63, 3.8) is 0 Å². The van der Waals surface area contributed by atoms with Crippen LogP contribution in [-0.4, -0.2) is 23.8 Å². The van der Waals surface area contributed by atoms with E-state index in [1.807, 2.05) is 18.2 Å². The van der Waals surface area contributed by atoms with Crippen LogP contribution < -0.4 is 0 Å². The van der Waals surface area contributed by atoms with Crippen LogP contribution in [0.4, 0.5) is 4.39 Å². The van der Waals surface area contributed by atoms with Crippen LogP contribution in [0.25, 0.3) is 0 Å². The molecule has 3 atom stereocenters. The Labute approximate surface area is 131 Å². The van der Waals surface area contributed by atoms with E-state index in [0.29, 0.717) is 18.3 Å². The zero-order valence-corrected chi connectivity index (χ0v) is 12.8. The molecular formula is C19H22FNO. The van der Waals surface area contributed by atoms with Crippen molar-refractivity contribution in [1.29, 1.82) is 0 Å². The van der Waals surface area contributed by atoms with Crippen molar-refractivity contribution in [3.8, 4) is 0 Å². The van der Waals surface area contributed by atoms with Crippen LogP contribution >= 0.6 is 0 Å². The SMILES string of the molecule is O=C1C=C(N2C[C@@H]3CCC[C@@H](c4ccc(F)cc4)[C@@H]3C2)CC1. The minimum atomic E-state index is -0.154. The summed E-state index contributed by atoms with van der Waals surface area (Å²) in [5.41, 5.74) is 2.53. The smallest absolute Gasteiger partial charge is 0.157 e. The molecule has 3 aliphatic rings. The van der Waals surface area contributed by atoms with Crippen LogP contribution in [0, 0.1) is 17.7 Å². The number of carbonyl (C=O) groups excluding carboxylic acids is 1. The Bertz CT molecular complexity index is 606. The quantitative estimate of drug-likeness (QED) is 0.826. The Hall–Kier alpha value is -1.64. The van der Waals surface area contributed by atoms with E-state index in [2.05, 4.69) is 4.90 Å². The molecule has 1 heterocycles. The predicted octanol–water partition coefficient (Wildman–Crippen LogP) is 3.89. The molecular weight excluding hydrogens is 277 g/mol. The first-order chi connectivity index (χ1) is 10.7. The molecule has 0 radical (unpaired) electrons. The van der Waals surface area contributed by atoms with Crippen LogP contribution in [0.5, 0.6) is 0 Å². The highest BCUT2D eigenvalue weighted by Crippen LogP contribution is 2.46. The van der Waals surface area contributed by atoms with Gasteiger partial charge in [0, 0.05) is 31.3 Å². The number of nitrogens with zero attached hydrogens (tertiary/aromatic N) is 1. The van der Waals surface area contributed by atoms with Gasteiger partial charge in [0.05, 0.1) is 0 Å². The molecule has 0 aromatic heterocycles. The molecule has 22 heavy (non-hydrogen) atoms. The molecule has 1 aliphatic heterocycles. The molecule has 1 saturated heterocycles. The maximum absolute atomic E-state index is 13.2. The molecule has 4 rings (SSSR count). The molecule has 2 nitrogen and oxygen atoms in total. The fourth-order valence-corrected chi connectivity index (χ4v) is 4.66. The number of hydrogen-bond donors (Lipinski definition) is 0. The maximum Gasteiger partial charge on any atom is 0.157 e. The van der Waals surface area contributed by atoms with Crippen molar-refractivity contribution in [1.82, 2.24) is 4.90 Å². The van der Waals surface area contributed by atoms with Crippen molar-refractivity contribution < 1.29 is 9.18 Å². The number of benzene rings is 1. The first-order valence-corrected chi connectivity index (χ1v) is 8.44. The molecule has 1 saturated carbocycles. The fraction of sp³-hybridized carbons (Fsp3) is 0.526. The summed E-state index contributed by atoms with van der Waals surface area (Å²) in [6.45, 7) is 2.16.